The van der Waals surface area contributed by atoms with Crippen molar-refractivity contribution in [1.29, 1.82) is 0 Å². The Kier molecular flexibility index (Phi) is 3.54. The van der Waals surface area contributed by atoms with Gasteiger partial charge in [-0.05, 0) is 31.2 Å². The summed E-state index contributed by atoms with van der Waals surface area (Å²) in [5, 5.41) is 3.25. The number of halogens is 1. The lowest BCUT2D eigenvalue weighted by molar-refractivity contribution is 0.554. The molecule has 2 aromatic rings. The van der Waals surface area contributed by atoms with Crippen LogP contribution in [0.5, 0.6) is 0 Å². The van der Waals surface area contributed by atoms with Gasteiger partial charge in [-0.2, -0.15) is 0 Å². The molecule has 3 nitrogen and oxygen atoms in total. The molecule has 0 aliphatic carbocycles. The summed E-state index contributed by atoms with van der Waals surface area (Å²) in [6, 6.07) is 6.80. The van der Waals surface area contributed by atoms with E-state index in [0.717, 1.165) is 17.7 Å². The van der Waals surface area contributed by atoms with Gasteiger partial charge in [-0.1, -0.05) is 12.1 Å². The first kappa shape index (κ1) is 11.8. The van der Waals surface area contributed by atoms with Crippen molar-refractivity contribution in [3.8, 4) is 0 Å². The zero-order valence-electron chi connectivity index (χ0n) is 10.0. The van der Waals surface area contributed by atoms with Crippen LogP contribution in [-0.4, -0.2) is 16.6 Å². The van der Waals surface area contributed by atoms with Crippen LogP contribution in [0.3, 0.4) is 0 Å². The Morgan fingerprint density at radius 3 is 2.59 bits per heavy atom. The smallest absolute Gasteiger partial charge is 0.123 e. The number of aromatic nitrogens is 2. The molecule has 1 aromatic carbocycles. The van der Waals surface area contributed by atoms with E-state index in [1.165, 1.54) is 12.1 Å². The molecule has 0 saturated carbocycles. The zero-order chi connectivity index (χ0) is 12.3. The second kappa shape index (κ2) is 5.10. The zero-order valence-corrected chi connectivity index (χ0v) is 10.0. The monoisotopic (exact) mass is 233 g/mol. The van der Waals surface area contributed by atoms with E-state index < -0.39 is 0 Å². The van der Waals surface area contributed by atoms with Crippen LogP contribution >= 0.6 is 0 Å². The van der Waals surface area contributed by atoms with Gasteiger partial charge in [-0.25, -0.2) is 9.37 Å². The number of hydrogen-bond acceptors (Lipinski definition) is 2. The second-order valence-electron chi connectivity index (χ2n) is 4.10. The molecule has 2 rings (SSSR count). The molecule has 1 heterocycles. The summed E-state index contributed by atoms with van der Waals surface area (Å²) in [4.78, 5) is 4.11. The summed E-state index contributed by atoms with van der Waals surface area (Å²) in [6.07, 6.45) is 4.45. The minimum atomic E-state index is -0.199. The Hall–Kier alpha value is -1.68. The number of nitrogens with zero attached hydrogens (tertiary/aromatic N) is 2. The number of rotatable bonds is 4. The van der Waals surface area contributed by atoms with Crippen LogP contribution in [0.1, 0.15) is 17.3 Å². The number of aryl methyl sites for hydroxylation is 1. The predicted molar refractivity (Wildman–Crippen MR) is 65.1 cm³/mol. The molecule has 17 heavy (non-hydrogen) atoms. The first-order chi connectivity index (χ1) is 8.20. The Balaban J connectivity index is 2.16. The number of benzene rings is 1. The van der Waals surface area contributed by atoms with Crippen molar-refractivity contribution in [3.63, 3.8) is 0 Å². The van der Waals surface area contributed by atoms with Crippen molar-refractivity contribution < 1.29 is 4.39 Å². The summed E-state index contributed by atoms with van der Waals surface area (Å²) in [5.74, 6) is -0.199. The molecule has 0 aliphatic rings. The molecule has 0 radical (unpaired) electrons. The fourth-order valence-electron chi connectivity index (χ4n) is 1.91. The number of imidazole rings is 1. The van der Waals surface area contributed by atoms with E-state index in [-0.39, 0.29) is 11.9 Å². The van der Waals surface area contributed by atoms with Crippen LogP contribution in [0.2, 0.25) is 0 Å². The lowest BCUT2D eigenvalue weighted by atomic mass is 10.0. The van der Waals surface area contributed by atoms with E-state index in [9.17, 15) is 4.39 Å². The van der Waals surface area contributed by atoms with Crippen molar-refractivity contribution in [2.45, 2.75) is 12.5 Å². The highest BCUT2D eigenvalue weighted by Gasteiger charge is 2.13. The first-order valence-corrected chi connectivity index (χ1v) is 5.58. The van der Waals surface area contributed by atoms with Crippen molar-refractivity contribution in [2.24, 2.45) is 7.05 Å². The maximum atomic E-state index is 12.8. The standard InChI is InChI=1S/C13H16FN3/c1-15-12(13-8-16-9-17(13)2)7-10-3-5-11(14)6-4-10/h3-6,8-9,12,15H,7H2,1-2H3. The van der Waals surface area contributed by atoms with Crippen LogP contribution in [0.25, 0.3) is 0 Å². The van der Waals surface area contributed by atoms with Crippen LogP contribution < -0.4 is 5.32 Å². The number of likely N-dealkylation sites (N-methyl/N-ethyl adjacent to an activating group) is 1. The maximum absolute atomic E-state index is 12.8. The molecular weight excluding hydrogens is 217 g/mol. The highest BCUT2D eigenvalue weighted by atomic mass is 19.1. The summed E-state index contributed by atoms with van der Waals surface area (Å²) in [5.41, 5.74) is 2.23. The molecule has 0 amide bonds. The third-order valence-corrected chi connectivity index (χ3v) is 2.91. The van der Waals surface area contributed by atoms with Gasteiger partial charge >= 0.3 is 0 Å². The third-order valence-electron chi connectivity index (χ3n) is 2.91. The van der Waals surface area contributed by atoms with Crippen LogP contribution in [0.4, 0.5) is 4.39 Å². The highest BCUT2D eigenvalue weighted by molar-refractivity contribution is 5.19. The average Bonchev–Trinajstić information content (AvgIpc) is 2.75. The van der Waals surface area contributed by atoms with E-state index in [1.807, 2.05) is 37.0 Å². The molecule has 1 N–H and O–H groups in total. The van der Waals surface area contributed by atoms with Crippen LogP contribution in [0.15, 0.2) is 36.8 Å². The molecular formula is C13H16FN3. The molecule has 0 bridgehead atoms. The van der Waals surface area contributed by atoms with Gasteiger partial charge in [-0.15, -0.1) is 0 Å². The Bertz CT molecular complexity index is 476. The number of nitrogens with one attached hydrogen (secondary N) is 1. The van der Waals surface area contributed by atoms with E-state index in [1.54, 1.807) is 6.33 Å². The van der Waals surface area contributed by atoms with Crippen molar-refractivity contribution in [2.75, 3.05) is 7.05 Å². The second-order valence-corrected chi connectivity index (χ2v) is 4.10. The molecule has 90 valence electrons. The molecule has 1 unspecified atom stereocenters. The lowest BCUT2D eigenvalue weighted by Gasteiger charge is -2.16. The van der Waals surface area contributed by atoms with E-state index >= 15 is 0 Å². The Labute approximate surface area is 100 Å². The molecule has 1 atom stereocenters. The lowest BCUT2D eigenvalue weighted by Crippen LogP contribution is -2.21. The fourth-order valence-corrected chi connectivity index (χ4v) is 1.91. The summed E-state index contributed by atoms with van der Waals surface area (Å²) in [7, 11) is 3.89. The van der Waals surface area contributed by atoms with Crippen LogP contribution in [0, 0.1) is 5.82 Å². The van der Waals surface area contributed by atoms with Gasteiger partial charge < -0.3 is 9.88 Å². The van der Waals surface area contributed by atoms with Crippen molar-refractivity contribution >= 4 is 0 Å². The molecule has 0 spiro atoms. The maximum Gasteiger partial charge on any atom is 0.123 e. The van der Waals surface area contributed by atoms with Crippen molar-refractivity contribution in [3.05, 3.63) is 53.9 Å². The van der Waals surface area contributed by atoms with Gasteiger partial charge in [0.15, 0.2) is 0 Å². The SMILES string of the molecule is CNC(Cc1ccc(F)cc1)c1cncn1C. The molecule has 0 fully saturated rings. The topological polar surface area (TPSA) is 29.9 Å². The summed E-state index contributed by atoms with van der Waals surface area (Å²) >= 11 is 0. The fraction of sp³-hybridized carbons (Fsp3) is 0.308. The predicted octanol–water partition coefficient (Wildman–Crippen LogP) is 2.06. The van der Waals surface area contributed by atoms with E-state index in [2.05, 4.69) is 10.3 Å². The van der Waals surface area contributed by atoms with Gasteiger partial charge in [0.05, 0.1) is 18.1 Å². The molecule has 0 aliphatic heterocycles. The quantitative estimate of drug-likeness (QED) is 0.876. The highest BCUT2D eigenvalue weighted by Crippen LogP contribution is 2.17. The summed E-state index contributed by atoms with van der Waals surface area (Å²) < 4.78 is 14.8. The average molecular weight is 233 g/mol. The van der Waals surface area contributed by atoms with Gasteiger partial charge in [-0.3, -0.25) is 0 Å². The van der Waals surface area contributed by atoms with Gasteiger partial charge in [0.2, 0.25) is 0 Å². The van der Waals surface area contributed by atoms with Gasteiger partial charge in [0.1, 0.15) is 5.82 Å². The summed E-state index contributed by atoms with van der Waals surface area (Å²) in [6.45, 7) is 0. The first-order valence-electron chi connectivity index (χ1n) is 5.58. The molecule has 1 aromatic heterocycles. The largest absolute Gasteiger partial charge is 0.336 e. The minimum Gasteiger partial charge on any atom is -0.336 e. The Morgan fingerprint density at radius 2 is 2.06 bits per heavy atom. The van der Waals surface area contributed by atoms with E-state index in [0.29, 0.717) is 0 Å². The third kappa shape index (κ3) is 2.71. The minimum absolute atomic E-state index is 0.188. The van der Waals surface area contributed by atoms with Crippen molar-refractivity contribution in [1.82, 2.24) is 14.9 Å². The molecule has 0 saturated heterocycles. The van der Waals surface area contributed by atoms with Gasteiger partial charge in [0, 0.05) is 13.2 Å². The Morgan fingerprint density at radius 1 is 1.35 bits per heavy atom. The normalized spacial score (nSPS) is 12.6. The van der Waals surface area contributed by atoms with Gasteiger partial charge in [0.25, 0.3) is 0 Å². The van der Waals surface area contributed by atoms with E-state index in [4.69, 9.17) is 0 Å². The van der Waals surface area contributed by atoms with Crippen LogP contribution in [-0.2, 0) is 13.5 Å². The molecule has 4 heteroatoms. The number of hydrogen-bond donors (Lipinski definition) is 1.